The van der Waals surface area contributed by atoms with E-state index >= 15 is 0 Å². The van der Waals surface area contributed by atoms with Gasteiger partial charge in [-0.2, -0.15) is 0 Å². The maximum atomic E-state index is 12.1. The Morgan fingerprint density at radius 3 is 2.59 bits per heavy atom. The molecule has 2 rings (SSSR count). The third kappa shape index (κ3) is 2.30. The highest BCUT2D eigenvalue weighted by atomic mass is 79.9. The fourth-order valence-electron chi connectivity index (χ4n) is 1.73. The van der Waals surface area contributed by atoms with Crippen LogP contribution in [0.2, 0.25) is 0 Å². The number of hydrogen-bond acceptors (Lipinski definition) is 4. The van der Waals surface area contributed by atoms with Crippen molar-refractivity contribution in [1.82, 2.24) is 9.97 Å². The maximum absolute atomic E-state index is 12.1. The first-order valence-electron chi connectivity index (χ1n) is 5.13. The first kappa shape index (κ1) is 12.4. The second-order valence-electron chi connectivity index (χ2n) is 3.98. The number of nitrogens with two attached hydrogens (primary N) is 1. The molecule has 0 spiro atoms. The number of nitrogens with one attached hydrogen (secondary N) is 1. The third-order valence-electron chi connectivity index (χ3n) is 2.98. The summed E-state index contributed by atoms with van der Waals surface area (Å²) in [5, 5.41) is 2.69. The molecule has 1 aliphatic rings. The molecule has 90 valence electrons. The second kappa shape index (κ2) is 4.66. The zero-order valence-corrected chi connectivity index (χ0v) is 11.3. The summed E-state index contributed by atoms with van der Waals surface area (Å²) < 4.78 is 0.614. The van der Waals surface area contributed by atoms with E-state index in [4.69, 9.17) is 18.0 Å². The molecule has 0 saturated heterocycles. The molecular weight excluding hydrogens is 304 g/mol. The molecule has 1 fully saturated rings. The Hall–Kier alpha value is -1.08. The molecule has 5 nitrogen and oxygen atoms in total. The van der Waals surface area contributed by atoms with E-state index < -0.39 is 5.41 Å². The molecular formula is C10H11BrN4OS. The maximum Gasteiger partial charge on any atom is 0.238 e. The van der Waals surface area contributed by atoms with Crippen LogP contribution in [0.1, 0.15) is 19.3 Å². The average molecular weight is 315 g/mol. The number of anilines is 1. The van der Waals surface area contributed by atoms with Gasteiger partial charge in [0.2, 0.25) is 5.91 Å². The van der Waals surface area contributed by atoms with Crippen LogP contribution >= 0.6 is 28.1 Å². The van der Waals surface area contributed by atoms with Crippen LogP contribution in [0.3, 0.4) is 0 Å². The zero-order chi connectivity index (χ0) is 12.5. The monoisotopic (exact) mass is 314 g/mol. The molecule has 0 aliphatic heterocycles. The van der Waals surface area contributed by atoms with Crippen LogP contribution in [-0.4, -0.2) is 20.9 Å². The van der Waals surface area contributed by atoms with Crippen molar-refractivity contribution in [2.75, 3.05) is 5.32 Å². The Morgan fingerprint density at radius 2 is 2.18 bits per heavy atom. The van der Waals surface area contributed by atoms with Crippen molar-refractivity contribution in [1.29, 1.82) is 0 Å². The minimum absolute atomic E-state index is 0.187. The van der Waals surface area contributed by atoms with E-state index in [1.54, 1.807) is 0 Å². The molecule has 1 aromatic heterocycles. The Balaban J connectivity index is 2.11. The number of aromatic nitrogens is 2. The minimum atomic E-state index is -0.690. The molecule has 1 aliphatic carbocycles. The van der Waals surface area contributed by atoms with Gasteiger partial charge < -0.3 is 11.1 Å². The van der Waals surface area contributed by atoms with Crippen molar-refractivity contribution in [2.24, 2.45) is 11.1 Å². The van der Waals surface area contributed by atoms with Crippen molar-refractivity contribution >= 4 is 44.9 Å². The number of halogens is 1. The molecule has 0 unspecified atom stereocenters. The first-order valence-corrected chi connectivity index (χ1v) is 6.34. The molecule has 0 aromatic carbocycles. The van der Waals surface area contributed by atoms with Gasteiger partial charge in [0.1, 0.15) is 4.60 Å². The molecule has 1 amide bonds. The summed E-state index contributed by atoms with van der Waals surface area (Å²) in [4.78, 5) is 20.3. The lowest BCUT2D eigenvalue weighted by Gasteiger charge is -2.38. The fourth-order valence-corrected chi connectivity index (χ4v) is 2.23. The van der Waals surface area contributed by atoms with Crippen LogP contribution < -0.4 is 11.1 Å². The predicted molar refractivity (Wildman–Crippen MR) is 71.4 cm³/mol. The fraction of sp³-hybridized carbons (Fsp3) is 0.400. The molecule has 3 N–H and O–H groups in total. The summed E-state index contributed by atoms with van der Waals surface area (Å²) in [6.07, 6.45) is 5.38. The quantitative estimate of drug-likeness (QED) is 0.829. The van der Waals surface area contributed by atoms with Gasteiger partial charge in [-0.3, -0.25) is 4.79 Å². The van der Waals surface area contributed by atoms with Crippen LogP contribution in [0, 0.1) is 5.41 Å². The summed E-state index contributed by atoms with van der Waals surface area (Å²) in [6.45, 7) is 0. The van der Waals surface area contributed by atoms with Crippen LogP contribution in [0.4, 0.5) is 5.82 Å². The lowest BCUT2D eigenvalue weighted by Crippen LogP contribution is -2.50. The van der Waals surface area contributed by atoms with Crippen LogP contribution in [-0.2, 0) is 4.79 Å². The SMILES string of the molecule is NC(=S)C1(C(=O)Nc2cnc(Br)cn2)CCC1. The highest BCUT2D eigenvalue weighted by Crippen LogP contribution is 2.42. The summed E-state index contributed by atoms with van der Waals surface area (Å²) in [5.74, 6) is 0.216. The van der Waals surface area contributed by atoms with Crippen molar-refractivity contribution in [3.8, 4) is 0 Å². The zero-order valence-electron chi connectivity index (χ0n) is 8.94. The lowest BCUT2D eigenvalue weighted by molar-refractivity contribution is -0.125. The highest BCUT2D eigenvalue weighted by Gasteiger charge is 2.47. The van der Waals surface area contributed by atoms with Crippen LogP contribution in [0.5, 0.6) is 0 Å². The number of carbonyl (C=O) groups is 1. The second-order valence-corrected chi connectivity index (χ2v) is 5.23. The van der Waals surface area contributed by atoms with Crippen molar-refractivity contribution < 1.29 is 4.79 Å². The normalized spacial score (nSPS) is 17.0. The standard InChI is InChI=1S/C10H11BrN4OS/c11-6-4-14-7(5-13-6)15-9(16)10(8(12)17)2-1-3-10/h4-5H,1-3H2,(H2,12,17)(H,14,15,16). The molecule has 0 atom stereocenters. The van der Waals surface area contributed by atoms with Gasteiger partial charge in [0.15, 0.2) is 5.82 Å². The summed E-state index contributed by atoms with van der Waals surface area (Å²) in [7, 11) is 0. The number of nitrogens with zero attached hydrogens (tertiary/aromatic N) is 2. The molecule has 0 radical (unpaired) electrons. The highest BCUT2D eigenvalue weighted by molar-refractivity contribution is 9.10. The number of hydrogen-bond donors (Lipinski definition) is 2. The van der Waals surface area contributed by atoms with Gasteiger partial charge in [0.25, 0.3) is 0 Å². The van der Waals surface area contributed by atoms with E-state index in [1.165, 1.54) is 12.4 Å². The minimum Gasteiger partial charge on any atom is -0.392 e. The Bertz CT molecular complexity index is 458. The third-order valence-corrected chi connectivity index (χ3v) is 3.78. The number of carbonyl (C=O) groups excluding carboxylic acids is 1. The van der Waals surface area contributed by atoms with Gasteiger partial charge in [-0.1, -0.05) is 18.6 Å². The molecule has 1 aromatic rings. The van der Waals surface area contributed by atoms with Gasteiger partial charge >= 0.3 is 0 Å². The van der Waals surface area contributed by atoms with Crippen molar-refractivity contribution in [2.45, 2.75) is 19.3 Å². The van der Waals surface area contributed by atoms with Crippen LogP contribution in [0.15, 0.2) is 17.0 Å². The predicted octanol–water partition coefficient (Wildman–Crippen LogP) is 1.63. The van der Waals surface area contributed by atoms with Gasteiger partial charge in [-0.25, -0.2) is 9.97 Å². The summed E-state index contributed by atoms with van der Waals surface area (Å²) in [5.41, 5.74) is 4.95. The first-order chi connectivity index (χ1) is 8.04. The van der Waals surface area contributed by atoms with E-state index in [0.29, 0.717) is 23.3 Å². The lowest BCUT2D eigenvalue weighted by atomic mass is 9.68. The van der Waals surface area contributed by atoms with Gasteiger partial charge in [0.05, 0.1) is 22.8 Å². The number of thiocarbonyl (C=S) groups is 1. The largest absolute Gasteiger partial charge is 0.392 e. The van der Waals surface area contributed by atoms with Crippen molar-refractivity contribution in [3.63, 3.8) is 0 Å². The molecule has 1 saturated carbocycles. The molecule has 17 heavy (non-hydrogen) atoms. The summed E-state index contributed by atoms with van der Waals surface area (Å²) >= 11 is 8.14. The molecule has 1 heterocycles. The van der Waals surface area contributed by atoms with Gasteiger partial charge in [-0.05, 0) is 28.8 Å². The Kier molecular flexibility index (Phi) is 3.39. The van der Waals surface area contributed by atoms with E-state index in [2.05, 4.69) is 31.2 Å². The van der Waals surface area contributed by atoms with E-state index in [9.17, 15) is 4.79 Å². The van der Waals surface area contributed by atoms with E-state index in [0.717, 1.165) is 6.42 Å². The van der Waals surface area contributed by atoms with E-state index in [1.807, 2.05) is 0 Å². The average Bonchev–Trinajstić information content (AvgIpc) is 2.19. The van der Waals surface area contributed by atoms with Crippen LogP contribution in [0.25, 0.3) is 0 Å². The van der Waals surface area contributed by atoms with Gasteiger partial charge in [0, 0.05) is 0 Å². The van der Waals surface area contributed by atoms with Gasteiger partial charge in [-0.15, -0.1) is 0 Å². The smallest absolute Gasteiger partial charge is 0.238 e. The summed E-state index contributed by atoms with van der Waals surface area (Å²) in [6, 6.07) is 0. The topological polar surface area (TPSA) is 80.9 Å². The van der Waals surface area contributed by atoms with E-state index in [-0.39, 0.29) is 10.9 Å². The van der Waals surface area contributed by atoms with Crippen molar-refractivity contribution in [3.05, 3.63) is 17.0 Å². The Morgan fingerprint density at radius 1 is 1.47 bits per heavy atom. The molecule has 7 heteroatoms. The number of amides is 1. The Labute approximate surface area is 112 Å². The number of rotatable bonds is 3. The molecule has 0 bridgehead atoms.